The van der Waals surface area contributed by atoms with E-state index in [0.29, 0.717) is 0 Å². The summed E-state index contributed by atoms with van der Waals surface area (Å²) in [4.78, 5) is 14.7. The fourth-order valence-corrected chi connectivity index (χ4v) is 2.28. The molecule has 18 heavy (non-hydrogen) atoms. The first-order valence-corrected chi connectivity index (χ1v) is 6.78. The predicted molar refractivity (Wildman–Crippen MR) is 70.9 cm³/mol. The average Bonchev–Trinajstić information content (AvgIpc) is 2.70. The SMILES string of the molecule is COCCC(C)(C)Cn1ccnc1SCC(=O)O. The van der Waals surface area contributed by atoms with Crippen LogP contribution < -0.4 is 0 Å². The topological polar surface area (TPSA) is 64.4 Å². The van der Waals surface area contributed by atoms with Gasteiger partial charge in [-0.3, -0.25) is 4.79 Å². The molecule has 0 saturated heterocycles. The van der Waals surface area contributed by atoms with Crippen LogP contribution >= 0.6 is 11.8 Å². The van der Waals surface area contributed by atoms with Crippen molar-refractivity contribution in [3.8, 4) is 0 Å². The summed E-state index contributed by atoms with van der Waals surface area (Å²) < 4.78 is 7.10. The highest BCUT2D eigenvalue weighted by Crippen LogP contribution is 2.26. The van der Waals surface area contributed by atoms with E-state index < -0.39 is 5.97 Å². The van der Waals surface area contributed by atoms with E-state index >= 15 is 0 Å². The molecule has 0 radical (unpaired) electrons. The smallest absolute Gasteiger partial charge is 0.313 e. The van der Waals surface area contributed by atoms with Gasteiger partial charge in [0.1, 0.15) is 0 Å². The highest BCUT2D eigenvalue weighted by molar-refractivity contribution is 7.99. The lowest BCUT2D eigenvalue weighted by molar-refractivity contribution is -0.133. The summed E-state index contributed by atoms with van der Waals surface area (Å²) in [6.07, 6.45) is 4.54. The summed E-state index contributed by atoms with van der Waals surface area (Å²) >= 11 is 1.25. The summed E-state index contributed by atoms with van der Waals surface area (Å²) in [5, 5.41) is 9.43. The van der Waals surface area contributed by atoms with Crippen LogP contribution in [0.2, 0.25) is 0 Å². The number of aromatic nitrogens is 2. The monoisotopic (exact) mass is 272 g/mol. The van der Waals surface area contributed by atoms with Crippen molar-refractivity contribution in [1.82, 2.24) is 9.55 Å². The van der Waals surface area contributed by atoms with E-state index in [-0.39, 0.29) is 11.2 Å². The minimum absolute atomic E-state index is 0.0372. The van der Waals surface area contributed by atoms with Crippen LogP contribution in [0.3, 0.4) is 0 Å². The van der Waals surface area contributed by atoms with Crippen LogP contribution in [-0.4, -0.2) is 40.1 Å². The van der Waals surface area contributed by atoms with E-state index in [2.05, 4.69) is 18.8 Å². The van der Waals surface area contributed by atoms with Gasteiger partial charge in [-0.05, 0) is 11.8 Å². The molecule has 0 atom stereocenters. The molecule has 1 aromatic rings. The first kappa shape index (κ1) is 15.0. The molecule has 0 aliphatic heterocycles. The van der Waals surface area contributed by atoms with Gasteiger partial charge < -0.3 is 14.4 Å². The van der Waals surface area contributed by atoms with Crippen LogP contribution in [0.25, 0.3) is 0 Å². The molecule has 1 rings (SSSR count). The lowest BCUT2D eigenvalue weighted by Gasteiger charge is -2.25. The Morgan fingerprint density at radius 2 is 2.33 bits per heavy atom. The molecule has 1 heterocycles. The third-order valence-corrected chi connectivity index (χ3v) is 3.57. The summed E-state index contributed by atoms with van der Waals surface area (Å²) in [6.45, 7) is 5.85. The van der Waals surface area contributed by atoms with E-state index in [1.165, 1.54) is 11.8 Å². The first-order chi connectivity index (χ1) is 8.44. The molecule has 1 aromatic heterocycles. The van der Waals surface area contributed by atoms with Crippen LogP contribution in [0.1, 0.15) is 20.3 Å². The van der Waals surface area contributed by atoms with Gasteiger partial charge in [-0.1, -0.05) is 25.6 Å². The minimum Gasteiger partial charge on any atom is -0.481 e. The lowest BCUT2D eigenvalue weighted by Crippen LogP contribution is -2.21. The summed E-state index contributed by atoms with van der Waals surface area (Å²) in [7, 11) is 1.70. The molecule has 0 aliphatic rings. The molecule has 6 heteroatoms. The Bertz CT molecular complexity index is 390. The summed E-state index contributed by atoms with van der Waals surface area (Å²) in [6, 6.07) is 0. The fraction of sp³-hybridized carbons (Fsp3) is 0.667. The molecule has 1 N–H and O–H groups in total. The molecule has 0 aromatic carbocycles. The van der Waals surface area contributed by atoms with Crippen molar-refractivity contribution >= 4 is 17.7 Å². The van der Waals surface area contributed by atoms with Gasteiger partial charge in [-0.2, -0.15) is 0 Å². The number of hydrogen-bond acceptors (Lipinski definition) is 4. The van der Waals surface area contributed by atoms with Crippen LogP contribution in [0.5, 0.6) is 0 Å². The van der Waals surface area contributed by atoms with Crippen molar-refractivity contribution in [2.75, 3.05) is 19.5 Å². The number of imidazole rings is 1. The highest BCUT2D eigenvalue weighted by atomic mass is 32.2. The average molecular weight is 272 g/mol. The zero-order valence-electron chi connectivity index (χ0n) is 11.0. The third-order valence-electron chi connectivity index (χ3n) is 2.58. The molecule has 5 nitrogen and oxygen atoms in total. The number of carbonyl (C=O) groups is 1. The van der Waals surface area contributed by atoms with Gasteiger partial charge in [0.05, 0.1) is 5.75 Å². The largest absolute Gasteiger partial charge is 0.481 e. The van der Waals surface area contributed by atoms with Crippen molar-refractivity contribution in [1.29, 1.82) is 0 Å². The Morgan fingerprint density at radius 3 is 2.94 bits per heavy atom. The zero-order chi connectivity index (χ0) is 13.6. The standard InChI is InChI=1S/C12H20N2O3S/c1-12(2,4-7-17-3)9-14-6-5-13-11(14)18-8-10(15)16/h5-6H,4,7-9H2,1-3H3,(H,15,16). The van der Waals surface area contributed by atoms with Gasteiger partial charge in [0.15, 0.2) is 5.16 Å². The number of aliphatic carboxylic acids is 1. The van der Waals surface area contributed by atoms with Crippen molar-refractivity contribution in [3.63, 3.8) is 0 Å². The Balaban J connectivity index is 2.61. The number of rotatable bonds is 8. The van der Waals surface area contributed by atoms with Gasteiger partial charge in [-0.25, -0.2) is 4.98 Å². The number of thioether (sulfide) groups is 1. The molecule has 0 spiro atoms. The predicted octanol–water partition coefficient (Wildman–Crippen LogP) is 2.12. The van der Waals surface area contributed by atoms with Crippen LogP contribution in [0, 0.1) is 5.41 Å². The second-order valence-corrected chi connectivity index (χ2v) is 5.87. The Morgan fingerprint density at radius 1 is 1.61 bits per heavy atom. The molecular formula is C12H20N2O3S. The second kappa shape index (κ2) is 6.80. The fourth-order valence-electron chi connectivity index (χ4n) is 1.60. The normalized spacial score (nSPS) is 11.7. The van der Waals surface area contributed by atoms with Gasteiger partial charge in [0.25, 0.3) is 0 Å². The maximum atomic E-state index is 10.6. The van der Waals surface area contributed by atoms with Crippen molar-refractivity contribution in [3.05, 3.63) is 12.4 Å². The number of ether oxygens (including phenoxy) is 1. The summed E-state index contributed by atoms with van der Waals surface area (Å²) in [5.41, 5.74) is 0.0925. The van der Waals surface area contributed by atoms with E-state index in [1.54, 1.807) is 13.3 Å². The lowest BCUT2D eigenvalue weighted by atomic mass is 9.90. The van der Waals surface area contributed by atoms with E-state index in [9.17, 15) is 4.79 Å². The Hall–Kier alpha value is -1.01. The van der Waals surface area contributed by atoms with Crippen LogP contribution in [-0.2, 0) is 16.1 Å². The summed E-state index contributed by atoms with van der Waals surface area (Å²) in [5.74, 6) is -0.789. The Kier molecular flexibility index (Phi) is 5.68. The minimum atomic E-state index is -0.826. The van der Waals surface area contributed by atoms with Crippen molar-refractivity contribution in [2.45, 2.75) is 32.0 Å². The molecular weight excluding hydrogens is 252 g/mol. The zero-order valence-corrected chi connectivity index (χ0v) is 11.9. The number of hydrogen-bond donors (Lipinski definition) is 1. The van der Waals surface area contributed by atoms with Gasteiger partial charge in [0.2, 0.25) is 0 Å². The molecule has 102 valence electrons. The number of methoxy groups -OCH3 is 1. The third kappa shape index (κ3) is 5.10. The molecule has 0 amide bonds. The van der Waals surface area contributed by atoms with Crippen molar-refractivity contribution < 1.29 is 14.6 Å². The number of nitrogens with zero attached hydrogens (tertiary/aromatic N) is 2. The van der Waals surface area contributed by atoms with Gasteiger partial charge in [-0.15, -0.1) is 0 Å². The number of carboxylic acids is 1. The number of carboxylic acid groups (broad SMARTS) is 1. The highest BCUT2D eigenvalue weighted by Gasteiger charge is 2.20. The maximum Gasteiger partial charge on any atom is 0.313 e. The first-order valence-electron chi connectivity index (χ1n) is 5.79. The molecule has 0 aliphatic carbocycles. The van der Waals surface area contributed by atoms with E-state index in [1.807, 2.05) is 10.8 Å². The van der Waals surface area contributed by atoms with Gasteiger partial charge in [0, 0.05) is 32.7 Å². The molecule has 0 bridgehead atoms. The van der Waals surface area contributed by atoms with Crippen LogP contribution in [0.4, 0.5) is 0 Å². The molecule has 0 saturated carbocycles. The van der Waals surface area contributed by atoms with Crippen LogP contribution in [0.15, 0.2) is 17.6 Å². The van der Waals surface area contributed by atoms with E-state index in [4.69, 9.17) is 9.84 Å². The maximum absolute atomic E-state index is 10.6. The molecule has 0 unspecified atom stereocenters. The van der Waals surface area contributed by atoms with Crippen molar-refractivity contribution in [2.24, 2.45) is 5.41 Å². The van der Waals surface area contributed by atoms with Gasteiger partial charge >= 0.3 is 5.97 Å². The Labute approximate surface area is 112 Å². The van der Waals surface area contributed by atoms with E-state index in [0.717, 1.165) is 24.7 Å². The quantitative estimate of drug-likeness (QED) is 0.734. The molecule has 0 fully saturated rings. The second-order valence-electron chi connectivity index (χ2n) is 4.93.